The minimum absolute atomic E-state index is 0.104. The van der Waals surface area contributed by atoms with E-state index in [2.05, 4.69) is 37.9 Å². The highest BCUT2D eigenvalue weighted by molar-refractivity contribution is 5.78. The summed E-state index contributed by atoms with van der Waals surface area (Å²) in [7, 11) is 0. The van der Waals surface area contributed by atoms with Gasteiger partial charge in [-0.2, -0.15) is 0 Å². The van der Waals surface area contributed by atoms with Crippen molar-refractivity contribution in [1.82, 2.24) is 10.2 Å². The zero-order valence-electron chi connectivity index (χ0n) is 12.3. The fourth-order valence-electron chi connectivity index (χ4n) is 2.38. The largest absolute Gasteiger partial charge is 0.350 e. The molecule has 4 nitrogen and oxygen atoms in total. The van der Waals surface area contributed by atoms with Gasteiger partial charge in [-0.05, 0) is 51.6 Å². The van der Waals surface area contributed by atoms with Crippen LogP contribution in [0, 0.1) is 11.8 Å². The quantitative estimate of drug-likeness (QED) is 0.776. The summed E-state index contributed by atoms with van der Waals surface area (Å²) in [5.74, 6) is 1.35. The number of carbonyl (C=O) groups is 1. The van der Waals surface area contributed by atoms with Crippen molar-refractivity contribution in [2.45, 2.75) is 46.1 Å². The highest BCUT2D eigenvalue weighted by atomic mass is 16.2. The lowest BCUT2D eigenvalue weighted by Gasteiger charge is -2.36. The summed E-state index contributed by atoms with van der Waals surface area (Å²) in [5, 5.41) is 3.09. The van der Waals surface area contributed by atoms with Crippen LogP contribution in [-0.2, 0) is 4.79 Å². The van der Waals surface area contributed by atoms with Crippen molar-refractivity contribution in [3.05, 3.63) is 0 Å². The molecule has 0 aromatic rings. The van der Waals surface area contributed by atoms with Gasteiger partial charge >= 0.3 is 0 Å². The number of amides is 1. The van der Waals surface area contributed by atoms with Crippen molar-refractivity contribution >= 4 is 5.91 Å². The van der Waals surface area contributed by atoms with Crippen LogP contribution in [0.1, 0.15) is 40.5 Å². The molecule has 106 valence electrons. The van der Waals surface area contributed by atoms with Gasteiger partial charge in [0.1, 0.15) is 0 Å². The molecule has 0 bridgehead atoms. The van der Waals surface area contributed by atoms with Crippen molar-refractivity contribution < 1.29 is 4.79 Å². The Morgan fingerprint density at radius 3 is 2.72 bits per heavy atom. The highest BCUT2D eigenvalue weighted by Gasteiger charge is 2.27. The summed E-state index contributed by atoms with van der Waals surface area (Å²) in [6.45, 7) is 11.7. The van der Waals surface area contributed by atoms with E-state index in [9.17, 15) is 4.79 Å². The molecule has 1 aliphatic heterocycles. The molecule has 0 spiro atoms. The zero-order valence-corrected chi connectivity index (χ0v) is 12.3. The first-order chi connectivity index (χ1) is 8.38. The summed E-state index contributed by atoms with van der Waals surface area (Å²) in [5.41, 5.74) is 5.68. The summed E-state index contributed by atoms with van der Waals surface area (Å²) in [6.07, 6.45) is 2.09. The Morgan fingerprint density at radius 2 is 2.17 bits per heavy atom. The first kappa shape index (κ1) is 15.4. The lowest BCUT2D eigenvalue weighted by Crippen LogP contribution is -2.50. The number of hydrogen-bond donors (Lipinski definition) is 2. The van der Waals surface area contributed by atoms with Crippen LogP contribution in [0.4, 0.5) is 0 Å². The molecular formula is C14H29N3O. The second kappa shape index (κ2) is 6.53. The number of nitrogens with two attached hydrogens (primary N) is 1. The van der Waals surface area contributed by atoms with E-state index in [4.69, 9.17) is 5.73 Å². The van der Waals surface area contributed by atoms with E-state index in [1.165, 1.54) is 0 Å². The van der Waals surface area contributed by atoms with Gasteiger partial charge in [0.25, 0.3) is 0 Å². The third-order valence-corrected chi connectivity index (χ3v) is 4.23. The van der Waals surface area contributed by atoms with E-state index in [-0.39, 0.29) is 11.4 Å². The Labute approximate surface area is 111 Å². The zero-order chi connectivity index (χ0) is 13.8. The number of likely N-dealkylation sites (tertiary alicyclic amines) is 1. The molecule has 0 aromatic carbocycles. The number of rotatable bonds is 5. The summed E-state index contributed by atoms with van der Waals surface area (Å²) >= 11 is 0. The van der Waals surface area contributed by atoms with E-state index < -0.39 is 0 Å². The van der Waals surface area contributed by atoms with Crippen LogP contribution in [0.25, 0.3) is 0 Å². The molecule has 1 heterocycles. The van der Waals surface area contributed by atoms with Crippen LogP contribution in [0.3, 0.4) is 0 Å². The van der Waals surface area contributed by atoms with Gasteiger partial charge in [-0.25, -0.2) is 0 Å². The SMILES string of the molecule is CCC(C)(C)NC(=O)CN1CCC(C)C(CN)C1. The molecule has 2 unspecified atom stereocenters. The third-order valence-electron chi connectivity index (χ3n) is 4.23. The Morgan fingerprint density at radius 1 is 1.50 bits per heavy atom. The molecule has 0 aliphatic carbocycles. The van der Waals surface area contributed by atoms with E-state index in [1.807, 2.05) is 0 Å². The Bertz CT molecular complexity index is 278. The maximum atomic E-state index is 12.0. The van der Waals surface area contributed by atoms with Crippen molar-refractivity contribution in [2.24, 2.45) is 17.6 Å². The fraction of sp³-hybridized carbons (Fsp3) is 0.929. The van der Waals surface area contributed by atoms with E-state index >= 15 is 0 Å². The van der Waals surface area contributed by atoms with Gasteiger partial charge < -0.3 is 11.1 Å². The van der Waals surface area contributed by atoms with Gasteiger partial charge in [-0.1, -0.05) is 13.8 Å². The molecule has 1 rings (SSSR count). The average Bonchev–Trinajstić information content (AvgIpc) is 2.31. The van der Waals surface area contributed by atoms with Crippen LogP contribution < -0.4 is 11.1 Å². The molecule has 1 aliphatic rings. The maximum Gasteiger partial charge on any atom is 0.234 e. The Balaban J connectivity index is 2.41. The normalized spacial score (nSPS) is 26.1. The minimum atomic E-state index is -0.104. The second-order valence-corrected chi connectivity index (χ2v) is 6.28. The Kier molecular flexibility index (Phi) is 5.60. The average molecular weight is 255 g/mol. The first-order valence-corrected chi connectivity index (χ1v) is 7.11. The van der Waals surface area contributed by atoms with Crippen molar-refractivity contribution in [3.63, 3.8) is 0 Å². The van der Waals surface area contributed by atoms with E-state index in [0.29, 0.717) is 18.4 Å². The number of nitrogens with one attached hydrogen (secondary N) is 1. The molecule has 1 amide bonds. The van der Waals surface area contributed by atoms with Crippen LogP contribution >= 0.6 is 0 Å². The van der Waals surface area contributed by atoms with Crippen molar-refractivity contribution in [2.75, 3.05) is 26.2 Å². The number of piperidine rings is 1. The Hall–Kier alpha value is -0.610. The number of carbonyl (C=O) groups excluding carboxylic acids is 1. The smallest absolute Gasteiger partial charge is 0.234 e. The minimum Gasteiger partial charge on any atom is -0.350 e. The topological polar surface area (TPSA) is 58.4 Å². The molecule has 0 saturated carbocycles. The lowest BCUT2D eigenvalue weighted by molar-refractivity contribution is -0.124. The summed E-state index contributed by atoms with van der Waals surface area (Å²) in [4.78, 5) is 14.2. The number of nitrogens with zero attached hydrogens (tertiary/aromatic N) is 1. The van der Waals surface area contributed by atoms with Crippen LogP contribution in [0.15, 0.2) is 0 Å². The first-order valence-electron chi connectivity index (χ1n) is 7.11. The molecule has 1 saturated heterocycles. The molecule has 2 atom stereocenters. The summed E-state index contributed by atoms with van der Waals surface area (Å²) < 4.78 is 0. The van der Waals surface area contributed by atoms with Crippen LogP contribution in [0.5, 0.6) is 0 Å². The summed E-state index contributed by atoms with van der Waals surface area (Å²) in [6, 6.07) is 0. The molecule has 3 N–H and O–H groups in total. The maximum absolute atomic E-state index is 12.0. The number of hydrogen-bond acceptors (Lipinski definition) is 3. The second-order valence-electron chi connectivity index (χ2n) is 6.28. The molecular weight excluding hydrogens is 226 g/mol. The van der Waals surface area contributed by atoms with Crippen LogP contribution in [0.2, 0.25) is 0 Å². The molecule has 1 fully saturated rings. The van der Waals surface area contributed by atoms with Gasteiger partial charge in [0.2, 0.25) is 5.91 Å². The van der Waals surface area contributed by atoms with Gasteiger partial charge in [0, 0.05) is 12.1 Å². The monoisotopic (exact) mass is 255 g/mol. The van der Waals surface area contributed by atoms with Crippen molar-refractivity contribution in [1.29, 1.82) is 0 Å². The van der Waals surface area contributed by atoms with Gasteiger partial charge in [-0.15, -0.1) is 0 Å². The van der Waals surface area contributed by atoms with Gasteiger partial charge in [0.15, 0.2) is 0 Å². The lowest BCUT2D eigenvalue weighted by atomic mass is 9.87. The molecule has 0 radical (unpaired) electrons. The molecule has 0 aromatic heterocycles. The standard InChI is InChI=1S/C14H29N3O/c1-5-14(3,4)16-13(18)10-17-7-6-11(2)12(8-15)9-17/h11-12H,5-10,15H2,1-4H3,(H,16,18). The molecule has 4 heteroatoms. The van der Waals surface area contributed by atoms with Gasteiger partial charge in [0.05, 0.1) is 6.54 Å². The highest BCUT2D eigenvalue weighted by Crippen LogP contribution is 2.21. The molecule has 18 heavy (non-hydrogen) atoms. The van der Waals surface area contributed by atoms with Crippen LogP contribution in [-0.4, -0.2) is 42.5 Å². The fourth-order valence-corrected chi connectivity index (χ4v) is 2.38. The van der Waals surface area contributed by atoms with E-state index in [0.717, 1.165) is 32.5 Å². The van der Waals surface area contributed by atoms with Gasteiger partial charge in [-0.3, -0.25) is 9.69 Å². The predicted molar refractivity (Wildman–Crippen MR) is 75.3 cm³/mol. The predicted octanol–water partition coefficient (Wildman–Crippen LogP) is 1.21. The van der Waals surface area contributed by atoms with E-state index in [1.54, 1.807) is 0 Å². The third kappa shape index (κ3) is 4.58. The van der Waals surface area contributed by atoms with Crippen molar-refractivity contribution in [3.8, 4) is 0 Å².